The van der Waals surface area contributed by atoms with Gasteiger partial charge in [-0.25, -0.2) is 4.90 Å². The average molecular weight is 695 g/mol. The monoisotopic (exact) mass is 694 g/mol. The highest BCUT2D eigenvalue weighted by Crippen LogP contribution is 2.37. The van der Waals surface area contributed by atoms with Gasteiger partial charge in [0.05, 0.1) is 32.3 Å². The zero-order valence-corrected chi connectivity index (χ0v) is 28.5. The number of anilines is 3. The first kappa shape index (κ1) is 35.2. The third-order valence-electron chi connectivity index (χ3n) is 7.51. The largest absolute Gasteiger partial charge is 0.496 e. The third kappa shape index (κ3) is 8.31. The molecule has 50 heavy (non-hydrogen) atoms. The van der Waals surface area contributed by atoms with Crippen molar-refractivity contribution < 1.29 is 38.2 Å². The second-order valence-electron chi connectivity index (χ2n) is 10.9. The van der Waals surface area contributed by atoms with Crippen molar-refractivity contribution in [2.24, 2.45) is 0 Å². The lowest BCUT2D eigenvalue weighted by Crippen LogP contribution is -2.31. The Balaban J connectivity index is 1.32. The fourth-order valence-corrected chi connectivity index (χ4v) is 6.16. The van der Waals surface area contributed by atoms with E-state index in [9.17, 15) is 24.0 Å². The predicted octanol–water partition coefficient (Wildman–Crippen LogP) is 5.50. The summed E-state index contributed by atoms with van der Waals surface area (Å²) in [7, 11) is 4.45. The van der Waals surface area contributed by atoms with Gasteiger partial charge in [-0.2, -0.15) is 0 Å². The summed E-state index contributed by atoms with van der Waals surface area (Å²) in [5.41, 5.74) is 2.14. The third-order valence-corrected chi connectivity index (χ3v) is 8.70. The number of amides is 5. The van der Waals surface area contributed by atoms with Gasteiger partial charge in [0.2, 0.25) is 17.7 Å². The standard InChI is InChI=1S/C37H34N4O8S/c1-22(42)38-25-10-14-27(15-11-25)41-34(43)21-33(37(41)46)50-28-16-12-26(13-17-28)39-36(45)29(40-35(44)23-8-6-5-7-9-23)18-24-19-31(48-3)32(49-4)20-30(24)47-2/h5-20,33H,21H2,1-4H3,(H,38,42)(H,39,45)(H,40,44)/b29-18-. The molecule has 1 atom stereocenters. The second-order valence-corrected chi connectivity index (χ2v) is 12.2. The summed E-state index contributed by atoms with van der Waals surface area (Å²) < 4.78 is 16.3. The van der Waals surface area contributed by atoms with Crippen LogP contribution in [-0.2, 0) is 19.2 Å². The van der Waals surface area contributed by atoms with Crippen LogP contribution in [0.5, 0.6) is 17.2 Å². The number of thioether (sulfide) groups is 1. The molecular weight excluding hydrogens is 660 g/mol. The molecule has 1 fully saturated rings. The predicted molar refractivity (Wildman–Crippen MR) is 191 cm³/mol. The Hall–Kier alpha value is -6.08. The maximum Gasteiger partial charge on any atom is 0.272 e. The molecule has 5 amide bonds. The first-order valence-corrected chi connectivity index (χ1v) is 16.2. The van der Waals surface area contributed by atoms with Gasteiger partial charge in [0.15, 0.2) is 11.5 Å². The van der Waals surface area contributed by atoms with Crippen LogP contribution in [0.25, 0.3) is 6.08 Å². The molecule has 5 rings (SSSR count). The van der Waals surface area contributed by atoms with Gasteiger partial charge in [0.25, 0.3) is 11.8 Å². The van der Waals surface area contributed by atoms with Gasteiger partial charge in [-0.3, -0.25) is 24.0 Å². The lowest BCUT2D eigenvalue weighted by molar-refractivity contribution is -0.121. The normalized spacial score (nSPS) is 14.2. The molecule has 4 aromatic carbocycles. The van der Waals surface area contributed by atoms with E-state index >= 15 is 0 Å². The summed E-state index contributed by atoms with van der Waals surface area (Å²) in [6.45, 7) is 1.39. The van der Waals surface area contributed by atoms with Crippen molar-refractivity contribution in [2.45, 2.75) is 23.5 Å². The van der Waals surface area contributed by atoms with Gasteiger partial charge in [-0.15, -0.1) is 11.8 Å². The smallest absolute Gasteiger partial charge is 0.272 e. The molecule has 0 bridgehead atoms. The number of imide groups is 1. The highest BCUT2D eigenvalue weighted by molar-refractivity contribution is 8.00. The van der Waals surface area contributed by atoms with E-state index in [1.165, 1.54) is 46.1 Å². The molecule has 4 aromatic rings. The minimum Gasteiger partial charge on any atom is -0.496 e. The number of nitrogens with zero attached hydrogens (tertiary/aromatic N) is 1. The Bertz CT molecular complexity index is 1950. The molecule has 13 heteroatoms. The van der Waals surface area contributed by atoms with Crippen molar-refractivity contribution >= 4 is 64.4 Å². The number of ether oxygens (including phenoxy) is 3. The SMILES string of the molecule is COc1cc(OC)c(OC)cc1/C=C(\NC(=O)c1ccccc1)C(=O)Nc1ccc(SC2CC(=O)N(c3ccc(NC(C)=O)cc3)C2=O)cc1. The van der Waals surface area contributed by atoms with Crippen molar-refractivity contribution in [3.8, 4) is 17.2 Å². The van der Waals surface area contributed by atoms with Crippen LogP contribution in [0.15, 0.2) is 102 Å². The molecular formula is C37H34N4O8S. The summed E-state index contributed by atoms with van der Waals surface area (Å²) in [6, 6.07) is 25.0. The van der Waals surface area contributed by atoms with Crippen LogP contribution in [0, 0.1) is 0 Å². The zero-order valence-electron chi connectivity index (χ0n) is 27.6. The fourth-order valence-electron chi connectivity index (χ4n) is 5.11. The van der Waals surface area contributed by atoms with E-state index in [0.717, 1.165) is 4.90 Å². The van der Waals surface area contributed by atoms with E-state index in [1.54, 1.807) is 91.0 Å². The molecule has 0 aliphatic carbocycles. The van der Waals surface area contributed by atoms with Gasteiger partial charge in [0, 0.05) is 46.8 Å². The quantitative estimate of drug-likeness (QED) is 0.129. The van der Waals surface area contributed by atoms with Gasteiger partial charge in [-0.1, -0.05) is 18.2 Å². The van der Waals surface area contributed by atoms with Crippen molar-refractivity contribution in [3.05, 3.63) is 108 Å². The average Bonchev–Trinajstić information content (AvgIpc) is 3.40. The number of hydrogen-bond acceptors (Lipinski definition) is 9. The summed E-state index contributed by atoms with van der Waals surface area (Å²) in [5.74, 6) is -0.806. The molecule has 1 unspecified atom stereocenters. The van der Waals surface area contributed by atoms with Gasteiger partial charge < -0.3 is 30.2 Å². The number of benzene rings is 4. The Kier molecular flexibility index (Phi) is 11.2. The minimum absolute atomic E-state index is 0.0182. The molecule has 1 heterocycles. The summed E-state index contributed by atoms with van der Waals surface area (Å²) >= 11 is 1.24. The number of carbonyl (C=O) groups is 5. The van der Waals surface area contributed by atoms with Crippen LogP contribution >= 0.6 is 11.8 Å². The van der Waals surface area contributed by atoms with Crippen molar-refractivity contribution in [1.29, 1.82) is 0 Å². The molecule has 0 aromatic heterocycles. The number of rotatable bonds is 12. The molecule has 0 spiro atoms. The highest BCUT2D eigenvalue weighted by Gasteiger charge is 2.40. The summed E-state index contributed by atoms with van der Waals surface area (Å²) in [4.78, 5) is 66.0. The van der Waals surface area contributed by atoms with Gasteiger partial charge in [-0.05, 0) is 72.8 Å². The Morgan fingerprint density at radius 3 is 2.00 bits per heavy atom. The molecule has 0 saturated carbocycles. The van der Waals surface area contributed by atoms with Gasteiger partial charge in [0.1, 0.15) is 11.4 Å². The van der Waals surface area contributed by atoms with Crippen molar-refractivity contribution in [2.75, 3.05) is 36.9 Å². The van der Waals surface area contributed by atoms with E-state index in [0.29, 0.717) is 50.3 Å². The lowest BCUT2D eigenvalue weighted by Gasteiger charge is -2.16. The van der Waals surface area contributed by atoms with Crippen LogP contribution in [0.1, 0.15) is 29.3 Å². The van der Waals surface area contributed by atoms with Gasteiger partial charge >= 0.3 is 0 Å². The highest BCUT2D eigenvalue weighted by atomic mass is 32.2. The number of methoxy groups -OCH3 is 3. The van der Waals surface area contributed by atoms with Crippen molar-refractivity contribution in [3.63, 3.8) is 0 Å². The molecule has 0 radical (unpaired) electrons. The number of carbonyl (C=O) groups excluding carboxylic acids is 5. The Morgan fingerprint density at radius 1 is 0.780 bits per heavy atom. The van der Waals surface area contributed by atoms with E-state index < -0.39 is 17.1 Å². The summed E-state index contributed by atoms with van der Waals surface area (Å²) in [5, 5.41) is 7.52. The maximum absolute atomic E-state index is 13.6. The molecule has 256 valence electrons. The van der Waals surface area contributed by atoms with Crippen molar-refractivity contribution in [1.82, 2.24) is 5.32 Å². The zero-order chi connectivity index (χ0) is 35.8. The number of nitrogens with one attached hydrogen (secondary N) is 3. The Labute approximate surface area is 292 Å². The van der Waals surface area contributed by atoms with E-state index in [1.807, 2.05) is 0 Å². The van der Waals surface area contributed by atoms with E-state index in [2.05, 4.69) is 16.0 Å². The summed E-state index contributed by atoms with van der Waals surface area (Å²) in [6.07, 6.45) is 1.49. The molecule has 3 N–H and O–H groups in total. The topological polar surface area (TPSA) is 152 Å². The van der Waals surface area contributed by atoms with Crippen LogP contribution in [-0.4, -0.2) is 56.1 Å². The van der Waals surface area contributed by atoms with E-state index in [-0.39, 0.29) is 29.8 Å². The lowest BCUT2D eigenvalue weighted by atomic mass is 10.1. The first-order chi connectivity index (χ1) is 24.1. The van der Waals surface area contributed by atoms with E-state index in [4.69, 9.17) is 14.2 Å². The first-order valence-electron chi connectivity index (χ1n) is 15.3. The molecule has 1 aliphatic heterocycles. The van der Waals surface area contributed by atoms with Crippen LogP contribution in [0.3, 0.4) is 0 Å². The van der Waals surface area contributed by atoms with Crippen LogP contribution < -0.4 is 35.1 Å². The maximum atomic E-state index is 13.6. The number of hydrogen-bond donors (Lipinski definition) is 3. The second kappa shape index (κ2) is 15.9. The Morgan fingerprint density at radius 2 is 1.38 bits per heavy atom. The molecule has 1 aliphatic rings. The molecule has 12 nitrogen and oxygen atoms in total. The van der Waals surface area contributed by atoms with Crippen LogP contribution in [0.4, 0.5) is 17.1 Å². The van der Waals surface area contributed by atoms with Crippen LogP contribution in [0.2, 0.25) is 0 Å². The fraction of sp³-hybridized carbons (Fsp3) is 0.162. The minimum atomic E-state index is -0.642. The molecule has 1 saturated heterocycles.